The number of benzene rings is 1. The molecule has 0 aliphatic heterocycles. The first-order valence-electron chi connectivity index (χ1n) is 5.95. The van der Waals surface area contributed by atoms with Crippen molar-refractivity contribution in [3.63, 3.8) is 0 Å². The summed E-state index contributed by atoms with van der Waals surface area (Å²) in [6.07, 6.45) is 4.08. The minimum absolute atomic E-state index is 0.295. The number of carbonyl (C=O) groups is 1. The molecule has 0 spiro atoms. The summed E-state index contributed by atoms with van der Waals surface area (Å²) in [5, 5.41) is 0. The molecular formula is C14H16N2O3. The van der Waals surface area contributed by atoms with Gasteiger partial charge in [0.05, 0.1) is 13.7 Å². The molecular weight excluding hydrogens is 244 g/mol. The first kappa shape index (κ1) is 13.3. The molecule has 0 fully saturated rings. The highest BCUT2D eigenvalue weighted by Crippen LogP contribution is 2.16. The second-order valence-electron chi connectivity index (χ2n) is 4.03. The number of carbonyl (C=O) groups excluding carboxylic acids is 1. The largest absolute Gasteiger partial charge is 0.464 e. The summed E-state index contributed by atoms with van der Waals surface area (Å²) in [5.41, 5.74) is 2.42. The summed E-state index contributed by atoms with van der Waals surface area (Å²) in [6, 6.07) is 7.94. The van der Waals surface area contributed by atoms with Crippen LogP contribution in [0.4, 0.5) is 0 Å². The van der Waals surface area contributed by atoms with Crippen LogP contribution in [-0.2, 0) is 15.9 Å². The minimum Gasteiger partial charge on any atom is -0.464 e. The van der Waals surface area contributed by atoms with Gasteiger partial charge in [0.25, 0.3) is 0 Å². The zero-order valence-electron chi connectivity index (χ0n) is 11.0. The van der Waals surface area contributed by atoms with Crippen LogP contribution in [0, 0.1) is 0 Å². The van der Waals surface area contributed by atoms with E-state index in [1.165, 1.54) is 7.11 Å². The number of hydrogen-bond acceptors (Lipinski definition) is 4. The molecule has 5 heteroatoms. The molecule has 0 amide bonds. The summed E-state index contributed by atoms with van der Waals surface area (Å²) < 4.78 is 11.6. The van der Waals surface area contributed by atoms with Crippen LogP contribution in [-0.4, -0.2) is 36.3 Å². The highest BCUT2D eigenvalue weighted by atomic mass is 16.5. The highest BCUT2D eigenvalue weighted by Gasteiger charge is 2.11. The Balaban J connectivity index is 2.30. The Hall–Kier alpha value is -2.14. The fourth-order valence-electron chi connectivity index (χ4n) is 1.85. The van der Waals surface area contributed by atoms with Crippen molar-refractivity contribution in [2.24, 2.45) is 0 Å². The molecule has 5 nitrogen and oxygen atoms in total. The van der Waals surface area contributed by atoms with Crippen LogP contribution in [0.25, 0.3) is 5.69 Å². The number of nitrogens with zero attached hydrogens (tertiary/aromatic N) is 2. The number of esters is 1. The van der Waals surface area contributed by atoms with E-state index < -0.39 is 5.97 Å². The van der Waals surface area contributed by atoms with Crippen LogP contribution in [0.15, 0.2) is 36.8 Å². The van der Waals surface area contributed by atoms with Crippen molar-refractivity contribution < 1.29 is 14.3 Å². The Morgan fingerprint density at radius 1 is 1.32 bits per heavy atom. The lowest BCUT2D eigenvalue weighted by molar-refractivity contribution is 0.0594. The van der Waals surface area contributed by atoms with Gasteiger partial charge in [0.2, 0.25) is 0 Å². The molecule has 1 aromatic carbocycles. The lowest BCUT2D eigenvalue weighted by Gasteiger charge is -2.09. The summed E-state index contributed by atoms with van der Waals surface area (Å²) in [4.78, 5) is 15.4. The van der Waals surface area contributed by atoms with Crippen LogP contribution >= 0.6 is 0 Å². The highest BCUT2D eigenvalue weighted by molar-refractivity contribution is 5.86. The van der Waals surface area contributed by atoms with Crippen molar-refractivity contribution in [3.05, 3.63) is 48.0 Å². The van der Waals surface area contributed by atoms with Crippen LogP contribution in [0.1, 0.15) is 16.1 Å². The summed E-state index contributed by atoms with van der Waals surface area (Å²) in [6.45, 7) is 0.648. The molecule has 0 bridgehead atoms. The van der Waals surface area contributed by atoms with E-state index in [2.05, 4.69) is 9.72 Å². The number of methoxy groups -OCH3 is 2. The molecule has 1 heterocycles. The van der Waals surface area contributed by atoms with Crippen LogP contribution in [0.5, 0.6) is 0 Å². The van der Waals surface area contributed by atoms with E-state index in [0.29, 0.717) is 12.3 Å². The molecule has 0 saturated carbocycles. The second kappa shape index (κ2) is 6.15. The second-order valence-corrected chi connectivity index (χ2v) is 4.03. The van der Waals surface area contributed by atoms with Crippen LogP contribution in [0.3, 0.4) is 0 Å². The fourth-order valence-corrected chi connectivity index (χ4v) is 1.85. The average Bonchev–Trinajstić information content (AvgIpc) is 2.94. The van der Waals surface area contributed by atoms with E-state index in [1.807, 2.05) is 28.8 Å². The molecule has 0 aliphatic carbocycles. The maximum Gasteiger partial charge on any atom is 0.358 e. The van der Waals surface area contributed by atoms with E-state index in [1.54, 1.807) is 19.6 Å². The molecule has 0 saturated heterocycles. The Kier molecular flexibility index (Phi) is 4.30. The normalized spacial score (nSPS) is 10.4. The Morgan fingerprint density at radius 3 is 2.84 bits per heavy atom. The van der Waals surface area contributed by atoms with Gasteiger partial charge >= 0.3 is 5.97 Å². The van der Waals surface area contributed by atoms with Gasteiger partial charge in [0, 0.05) is 19.0 Å². The van der Waals surface area contributed by atoms with Crippen molar-refractivity contribution in [1.82, 2.24) is 9.55 Å². The SMILES string of the molecule is COCCc1ccccc1-n1cnc(C(=O)OC)c1. The summed E-state index contributed by atoms with van der Waals surface area (Å²) in [5.74, 6) is -0.437. The molecule has 2 rings (SSSR count). The van der Waals surface area contributed by atoms with E-state index in [9.17, 15) is 4.79 Å². The minimum atomic E-state index is -0.437. The number of rotatable bonds is 5. The van der Waals surface area contributed by atoms with Gasteiger partial charge in [-0.1, -0.05) is 18.2 Å². The monoisotopic (exact) mass is 260 g/mol. The van der Waals surface area contributed by atoms with Gasteiger partial charge < -0.3 is 14.0 Å². The summed E-state index contributed by atoms with van der Waals surface area (Å²) >= 11 is 0. The first-order valence-corrected chi connectivity index (χ1v) is 5.95. The van der Waals surface area contributed by atoms with Gasteiger partial charge in [-0.25, -0.2) is 9.78 Å². The van der Waals surface area contributed by atoms with Gasteiger partial charge in [-0.2, -0.15) is 0 Å². The van der Waals surface area contributed by atoms with Gasteiger partial charge in [-0.3, -0.25) is 0 Å². The van der Waals surface area contributed by atoms with E-state index in [0.717, 1.165) is 17.7 Å². The predicted octanol–water partition coefficient (Wildman–Crippen LogP) is 1.85. The zero-order valence-corrected chi connectivity index (χ0v) is 11.0. The Labute approximate surface area is 111 Å². The number of ether oxygens (including phenoxy) is 2. The summed E-state index contributed by atoms with van der Waals surface area (Å²) in [7, 11) is 3.02. The maximum absolute atomic E-state index is 11.4. The van der Waals surface area contributed by atoms with Crippen LogP contribution < -0.4 is 0 Å². The molecule has 19 heavy (non-hydrogen) atoms. The van der Waals surface area contributed by atoms with E-state index in [-0.39, 0.29) is 0 Å². The lowest BCUT2D eigenvalue weighted by Crippen LogP contribution is -2.02. The van der Waals surface area contributed by atoms with Crippen LogP contribution in [0.2, 0.25) is 0 Å². The van der Waals surface area contributed by atoms with Crippen molar-refractivity contribution in [2.45, 2.75) is 6.42 Å². The first-order chi connectivity index (χ1) is 9.26. The Bertz CT molecular complexity index is 563. The van der Waals surface area contributed by atoms with Crippen molar-refractivity contribution in [1.29, 1.82) is 0 Å². The van der Waals surface area contributed by atoms with Gasteiger partial charge in [-0.15, -0.1) is 0 Å². The molecule has 1 aromatic heterocycles. The van der Waals surface area contributed by atoms with E-state index in [4.69, 9.17) is 4.74 Å². The molecule has 100 valence electrons. The molecule has 0 N–H and O–H groups in total. The topological polar surface area (TPSA) is 53.4 Å². The van der Waals surface area contributed by atoms with Gasteiger partial charge in [0.15, 0.2) is 5.69 Å². The predicted molar refractivity (Wildman–Crippen MR) is 70.5 cm³/mol. The maximum atomic E-state index is 11.4. The number of hydrogen-bond donors (Lipinski definition) is 0. The molecule has 0 aliphatic rings. The molecule has 0 radical (unpaired) electrons. The smallest absolute Gasteiger partial charge is 0.358 e. The van der Waals surface area contributed by atoms with E-state index >= 15 is 0 Å². The van der Waals surface area contributed by atoms with Crippen molar-refractivity contribution >= 4 is 5.97 Å². The Morgan fingerprint density at radius 2 is 2.11 bits per heavy atom. The molecule has 0 atom stereocenters. The third-order valence-electron chi connectivity index (χ3n) is 2.82. The van der Waals surface area contributed by atoms with Crippen molar-refractivity contribution in [2.75, 3.05) is 20.8 Å². The standard InChI is InChI=1S/C14H16N2O3/c1-18-8-7-11-5-3-4-6-13(11)16-9-12(15-10-16)14(17)19-2/h3-6,9-10H,7-8H2,1-2H3. The zero-order chi connectivity index (χ0) is 13.7. The quantitative estimate of drug-likeness (QED) is 0.770. The number of aromatic nitrogens is 2. The average molecular weight is 260 g/mol. The fraction of sp³-hybridized carbons (Fsp3) is 0.286. The number of imidazole rings is 1. The third-order valence-corrected chi connectivity index (χ3v) is 2.82. The molecule has 2 aromatic rings. The van der Waals surface area contributed by atoms with Crippen molar-refractivity contribution in [3.8, 4) is 5.69 Å². The van der Waals surface area contributed by atoms with Gasteiger partial charge in [0.1, 0.15) is 6.33 Å². The lowest BCUT2D eigenvalue weighted by atomic mass is 10.1. The van der Waals surface area contributed by atoms with Gasteiger partial charge in [-0.05, 0) is 18.1 Å². The number of para-hydroxylation sites is 1. The molecule has 0 unspecified atom stereocenters. The third kappa shape index (κ3) is 3.00.